The van der Waals surface area contributed by atoms with Crippen LogP contribution in [0, 0.1) is 12.7 Å². The molecule has 0 saturated carbocycles. The maximum absolute atomic E-state index is 13.5. The van der Waals surface area contributed by atoms with E-state index in [0.717, 1.165) is 10.5 Å². The average Bonchev–Trinajstić information content (AvgIpc) is 2.80. The highest BCUT2D eigenvalue weighted by Gasteiger charge is 2.49. The molecule has 2 aromatic rings. The fraction of sp³-hybridized carbons (Fsp3) is 0.263. The van der Waals surface area contributed by atoms with Crippen LogP contribution in [0.1, 0.15) is 23.6 Å². The van der Waals surface area contributed by atoms with Gasteiger partial charge in [-0.1, -0.05) is 29.8 Å². The highest BCUT2D eigenvalue weighted by molar-refractivity contribution is 6.07. The summed E-state index contributed by atoms with van der Waals surface area (Å²) in [6, 6.07) is 10.9. The van der Waals surface area contributed by atoms with Gasteiger partial charge in [-0.25, -0.2) is 9.18 Å². The number of nitrogens with one attached hydrogen (secondary N) is 1. The third-order valence-corrected chi connectivity index (χ3v) is 4.47. The van der Waals surface area contributed by atoms with E-state index in [1.54, 1.807) is 6.92 Å². The Labute approximate surface area is 145 Å². The van der Waals surface area contributed by atoms with E-state index in [9.17, 15) is 14.0 Å². The van der Waals surface area contributed by atoms with Crippen molar-refractivity contribution in [1.29, 1.82) is 0 Å². The van der Waals surface area contributed by atoms with Crippen LogP contribution in [0.5, 0.6) is 5.75 Å². The Hall–Kier alpha value is -2.89. The monoisotopic (exact) mass is 342 g/mol. The molecule has 1 unspecified atom stereocenters. The molecule has 0 bridgehead atoms. The standard InChI is InChI=1S/C19H19FN2O3/c1-12-4-6-14(7-5-12)19(2)17(23)22(18(24)21-19)11-13-10-15(20)8-9-16(13)25-3/h4-10H,11H2,1-3H3,(H,21,24). The van der Waals surface area contributed by atoms with Gasteiger partial charge in [0.15, 0.2) is 0 Å². The van der Waals surface area contributed by atoms with Gasteiger partial charge < -0.3 is 10.1 Å². The first-order chi connectivity index (χ1) is 11.8. The third kappa shape index (κ3) is 2.95. The minimum atomic E-state index is -1.15. The van der Waals surface area contributed by atoms with Crippen LogP contribution in [0.4, 0.5) is 9.18 Å². The van der Waals surface area contributed by atoms with E-state index < -0.39 is 17.4 Å². The molecular formula is C19H19FN2O3. The van der Waals surface area contributed by atoms with Crippen molar-refractivity contribution >= 4 is 11.9 Å². The summed E-state index contributed by atoms with van der Waals surface area (Å²) in [5.41, 5.74) is 1.04. The lowest BCUT2D eigenvalue weighted by Gasteiger charge is -2.22. The lowest BCUT2D eigenvalue weighted by atomic mass is 9.91. The fourth-order valence-corrected chi connectivity index (χ4v) is 2.96. The molecule has 1 saturated heterocycles. The second-order valence-electron chi connectivity index (χ2n) is 6.27. The normalized spacial score (nSPS) is 19.9. The number of methoxy groups -OCH3 is 1. The SMILES string of the molecule is COc1ccc(F)cc1CN1C(=O)NC(C)(c2ccc(C)cc2)C1=O. The Morgan fingerprint density at radius 3 is 2.48 bits per heavy atom. The Morgan fingerprint density at radius 1 is 1.16 bits per heavy atom. The maximum atomic E-state index is 13.5. The van der Waals surface area contributed by atoms with Crippen molar-refractivity contribution in [1.82, 2.24) is 10.2 Å². The van der Waals surface area contributed by atoms with Gasteiger partial charge in [0.1, 0.15) is 17.1 Å². The number of amides is 3. The summed E-state index contributed by atoms with van der Waals surface area (Å²) in [7, 11) is 1.46. The topological polar surface area (TPSA) is 58.6 Å². The number of benzene rings is 2. The minimum Gasteiger partial charge on any atom is -0.496 e. The lowest BCUT2D eigenvalue weighted by molar-refractivity contribution is -0.131. The number of nitrogens with zero attached hydrogens (tertiary/aromatic N) is 1. The Balaban J connectivity index is 1.92. The molecule has 0 aliphatic carbocycles. The second kappa shape index (κ2) is 6.20. The highest BCUT2D eigenvalue weighted by Crippen LogP contribution is 2.31. The number of halogens is 1. The Bertz CT molecular complexity index is 835. The molecule has 6 heteroatoms. The molecule has 1 atom stereocenters. The minimum absolute atomic E-state index is 0.0624. The molecule has 1 aliphatic heterocycles. The molecule has 2 aromatic carbocycles. The molecule has 3 amide bonds. The second-order valence-corrected chi connectivity index (χ2v) is 6.27. The molecule has 1 heterocycles. The maximum Gasteiger partial charge on any atom is 0.325 e. The number of imide groups is 1. The smallest absolute Gasteiger partial charge is 0.325 e. The molecule has 130 valence electrons. The van der Waals surface area contributed by atoms with Crippen molar-refractivity contribution in [2.45, 2.75) is 25.9 Å². The molecule has 0 spiro atoms. The van der Waals surface area contributed by atoms with Crippen LogP contribution in [0.3, 0.4) is 0 Å². The van der Waals surface area contributed by atoms with E-state index in [4.69, 9.17) is 4.74 Å². The number of hydrogen-bond acceptors (Lipinski definition) is 3. The molecule has 0 radical (unpaired) electrons. The van der Waals surface area contributed by atoms with Gasteiger partial charge in [-0.2, -0.15) is 0 Å². The predicted molar refractivity (Wildman–Crippen MR) is 90.6 cm³/mol. The van der Waals surface area contributed by atoms with E-state index >= 15 is 0 Å². The van der Waals surface area contributed by atoms with Crippen molar-refractivity contribution in [3.05, 3.63) is 65.0 Å². The van der Waals surface area contributed by atoms with E-state index in [0.29, 0.717) is 16.9 Å². The van der Waals surface area contributed by atoms with Crippen LogP contribution in [0.15, 0.2) is 42.5 Å². The van der Waals surface area contributed by atoms with Crippen LogP contribution >= 0.6 is 0 Å². The average molecular weight is 342 g/mol. The molecule has 1 N–H and O–H groups in total. The number of carbonyl (C=O) groups excluding carboxylic acids is 2. The molecule has 3 rings (SSSR count). The molecular weight excluding hydrogens is 323 g/mol. The Morgan fingerprint density at radius 2 is 1.84 bits per heavy atom. The molecule has 1 fully saturated rings. The number of urea groups is 1. The summed E-state index contributed by atoms with van der Waals surface area (Å²) < 4.78 is 18.7. The van der Waals surface area contributed by atoms with Crippen molar-refractivity contribution in [2.24, 2.45) is 0 Å². The van der Waals surface area contributed by atoms with Gasteiger partial charge >= 0.3 is 6.03 Å². The quantitative estimate of drug-likeness (QED) is 0.869. The summed E-state index contributed by atoms with van der Waals surface area (Å²) in [4.78, 5) is 26.4. The van der Waals surface area contributed by atoms with Crippen LogP contribution in [-0.2, 0) is 16.9 Å². The van der Waals surface area contributed by atoms with Crippen molar-refractivity contribution in [3.63, 3.8) is 0 Å². The molecule has 1 aliphatic rings. The summed E-state index contributed by atoms with van der Waals surface area (Å²) in [5, 5.41) is 2.74. The van der Waals surface area contributed by atoms with Gasteiger partial charge in [-0.05, 0) is 37.6 Å². The van der Waals surface area contributed by atoms with E-state index in [2.05, 4.69) is 5.32 Å². The highest BCUT2D eigenvalue weighted by atomic mass is 19.1. The van der Waals surface area contributed by atoms with Crippen molar-refractivity contribution in [2.75, 3.05) is 7.11 Å². The first-order valence-electron chi connectivity index (χ1n) is 7.89. The number of rotatable bonds is 4. The van der Waals surface area contributed by atoms with Crippen LogP contribution in [0.25, 0.3) is 0 Å². The van der Waals surface area contributed by atoms with Gasteiger partial charge in [-0.3, -0.25) is 9.69 Å². The van der Waals surface area contributed by atoms with Crippen LogP contribution in [-0.4, -0.2) is 23.9 Å². The number of aryl methyl sites for hydroxylation is 1. The number of carbonyl (C=O) groups is 2. The molecule has 5 nitrogen and oxygen atoms in total. The first-order valence-corrected chi connectivity index (χ1v) is 7.89. The molecule has 0 aromatic heterocycles. The van der Waals surface area contributed by atoms with Gasteiger partial charge in [0.05, 0.1) is 13.7 Å². The lowest BCUT2D eigenvalue weighted by Crippen LogP contribution is -2.40. The van der Waals surface area contributed by atoms with Gasteiger partial charge in [0.2, 0.25) is 0 Å². The first kappa shape index (κ1) is 17.0. The van der Waals surface area contributed by atoms with Gasteiger partial charge in [-0.15, -0.1) is 0 Å². The van der Waals surface area contributed by atoms with Crippen LogP contribution < -0.4 is 10.1 Å². The van der Waals surface area contributed by atoms with E-state index in [1.807, 2.05) is 31.2 Å². The van der Waals surface area contributed by atoms with Crippen molar-refractivity contribution in [3.8, 4) is 5.75 Å². The van der Waals surface area contributed by atoms with Gasteiger partial charge in [0, 0.05) is 5.56 Å². The predicted octanol–water partition coefficient (Wildman–Crippen LogP) is 3.11. The van der Waals surface area contributed by atoms with E-state index in [-0.39, 0.29) is 12.5 Å². The molecule has 25 heavy (non-hydrogen) atoms. The van der Waals surface area contributed by atoms with Crippen LogP contribution in [0.2, 0.25) is 0 Å². The third-order valence-electron chi connectivity index (χ3n) is 4.47. The number of hydrogen-bond donors (Lipinski definition) is 1. The summed E-state index contributed by atoms with van der Waals surface area (Å²) >= 11 is 0. The fourth-order valence-electron chi connectivity index (χ4n) is 2.96. The zero-order chi connectivity index (χ0) is 18.2. The zero-order valence-corrected chi connectivity index (χ0v) is 14.3. The summed E-state index contributed by atoms with van der Waals surface area (Å²) in [6.45, 7) is 3.55. The van der Waals surface area contributed by atoms with Crippen molar-refractivity contribution < 1.29 is 18.7 Å². The summed E-state index contributed by atoms with van der Waals surface area (Å²) in [5.74, 6) is -0.414. The Kier molecular flexibility index (Phi) is 4.20. The summed E-state index contributed by atoms with van der Waals surface area (Å²) in [6.07, 6.45) is 0. The largest absolute Gasteiger partial charge is 0.496 e. The van der Waals surface area contributed by atoms with Gasteiger partial charge in [0.25, 0.3) is 5.91 Å². The van der Waals surface area contributed by atoms with E-state index in [1.165, 1.54) is 25.3 Å². The zero-order valence-electron chi connectivity index (χ0n) is 14.3. The number of ether oxygens (including phenoxy) is 1.